The number of hydrogen-bond acceptors (Lipinski definition) is 5. The van der Waals surface area contributed by atoms with Crippen LogP contribution in [0.25, 0.3) is 87.1 Å². The SMILES string of the molecule is c1ccc(-c2nc(-c3cccc4oc5ccc(-c6ccc7c(c6)-c6ccccc6C76c7ccccc7Oc7ccccc76)cc5c34)c3sc4ccccc4c3n2)cc1. The zero-order valence-corrected chi connectivity index (χ0v) is 31.8. The smallest absolute Gasteiger partial charge is 0.160 e. The predicted octanol–water partition coefficient (Wildman–Crippen LogP) is 14.2. The predicted molar refractivity (Wildman–Crippen MR) is 236 cm³/mol. The summed E-state index contributed by atoms with van der Waals surface area (Å²) in [6.45, 7) is 0. The molecule has 3 aromatic heterocycles. The molecule has 0 saturated heterocycles. The first kappa shape index (κ1) is 31.8. The van der Waals surface area contributed by atoms with Crippen LogP contribution < -0.4 is 4.74 Å². The Hall–Kier alpha value is -7.34. The van der Waals surface area contributed by atoms with E-state index in [1.807, 2.05) is 18.2 Å². The highest BCUT2D eigenvalue weighted by Crippen LogP contribution is 2.62. The van der Waals surface area contributed by atoms with Crippen molar-refractivity contribution in [3.8, 4) is 56.4 Å². The van der Waals surface area contributed by atoms with Gasteiger partial charge in [0.2, 0.25) is 0 Å². The van der Waals surface area contributed by atoms with Crippen molar-refractivity contribution >= 4 is 53.6 Å². The van der Waals surface area contributed by atoms with E-state index in [2.05, 4.69) is 164 Å². The lowest BCUT2D eigenvalue weighted by molar-refractivity contribution is 0.436. The van der Waals surface area contributed by atoms with Crippen molar-refractivity contribution in [3.05, 3.63) is 204 Å². The van der Waals surface area contributed by atoms with Gasteiger partial charge in [-0.2, -0.15) is 0 Å². The maximum absolute atomic E-state index is 6.60. The van der Waals surface area contributed by atoms with Crippen molar-refractivity contribution in [2.24, 2.45) is 0 Å². The molecule has 8 aromatic carbocycles. The molecule has 0 N–H and O–H groups in total. The van der Waals surface area contributed by atoms with Crippen LogP contribution in [-0.2, 0) is 5.41 Å². The minimum absolute atomic E-state index is 0.496. The Morgan fingerprint density at radius 1 is 0.448 bits per heavy atom. The maximum Gasteiger partial charge on any atom is 0.160 e. The maximum atomic E-state index is 6.60. The number of thiophene rings is 1. The molecule has 1 aliphatic carbocycles. The standard InChI is InChI=1S/C53H30N2O2S/c1-2-13-31(14-3-1)52-54-49-35-16-5-11-24-47(35)58-51(49)50(55-52)36-17-12-23-46-48(36)38-30-33(26-28-43(38)56-46)32-25-27-40-37(29-32)34-15-4-6-18-39(34)53(40)41-19-7-9-21-44(41)57-45-22-10-8-20-42(45)53/h1-30H. The second-order valence-electron chi connectivity index (χ2n) is 15.2. The number of para-hydroxylation sites is 2. The topological polar surface area (TPSA) is 48.2 Å². The van der Waals surface area contributed by atoms with E-state index in [4.69, 9.17) is 19.1 Å². The minimum Gasteiger partial charge on any atom is -0.457 e. The largest absolute Gasteiger partial charge is 0.457 e. The summed E-state index contributed by atoms with van der Waals surface area (Å²) in [6, 6.07) is 64.6. The molecule has 5 heteroatoms. The van der Waals surface area contributed by atoms with Crippen LogP contribution in [0.1, 0.15) is 22.3 Å². The van der Waals surface area contributed by atoms with E-state index in [-0.39, 0.29) is 0 Å². The fourth-order valence-corrected chi connectivity index (χ4v) is 10.9. The number of ether oxygens (including phenoxy) is 1. The van der Waals surface area contributed by atoms with Gasteiger partial charge in [-0.05, 0) is 75.8 Å². The summed E-state index contributed by atoms with van der Waals surface area (Å²) in [6.07, 6.45) is 0. The fraction of sp³-hybridized carbons (Fsp3) is 0.0189. The average molecular weight is 759 g/mol. The number of furan rings is 1. The van der Waals surface area contributed by atoms with Gasteiger partial charge in [0.05, 0.1) is 21.3 Å². The Bertz CT molecular complexity index is 3460. The van der Waals surface area contributed by atoms with Gasteiger partial charge in [-0.25, -0.2) is 9.97 Å². The van der Waals surface area contributed by atoms with Crippen molar-refractivity contribution in [2.45, 2.75) is 5.41 Å². The third-order valence-corrected chi connectivity index (χ3v) is 13.3. The van der Waals surface area contributed by atoms with Crippen molar-refractivity contribution in [1.82, 2.24) is 9.97 Å². The lowest BCUT2D eigenvalue weighted by atomic mass is 9.66. The Morgan fingerprint density at radius 3 is 1.97 bits per heavy atom. The van der Waals surface area contributed by atoms with Crippen molar-refractivity contribution in [3.63, 3.8) is 0 Å². The fourth-order valence-electron chi connectivity index (χ4n) is 9.73. The van der Waals surface area contributed by atoms with Crippen molar-refractivity contribution in [1.29, 1.82) is 0 Å². The molecule has 58 heavy (non-hydrogen) atoms. The highest BCUT2D eigenvalue weighted by atomic mass is 32.1. The molecule has 0 atom stereocenters. The Kier molecular flexibility index (Phi) is 6.49. The van der Waals surface area contributed by atoms with Crippen molar-refractivity contribution in [2.75, 3.05) is 0 Å². The zero-order chi connectivity index (χ0) is 38.0. The molecule has 1 spiro atoms. The Balaban J connectivity index is 1.03. The van der Waals surface area contributed by atoms with E-state index in [0.29, 0.717) is 5.82 Å². The van der Waals surface area contributed by atoms with E-state index < -0.39 is 5.41 Å². The third-order valence-electron chi connectivity index (χ3n) is 12.2. The second-order valence-corrected chi connectivity index (χ2v) is 16.2. The quantitative estimate of drug-likeness (QED) is 0.180. The lowest BCUT2D eigenvalue weighted by Gasteiger charge is -2.39. The molecule has 13 rings (SSSR count). The van der Waals surface area contributed by atoms with Gasteiger partial charge in [0, 0.05) is 43.1 Å². The molecule has 4 heterocycles. The van der Waals surface area contributed by atoms with Gasteiger partial charge in [0.1, 0.15) is 22.7 Å². The van der Waals surface area contributed by atoms with Crippen LogP contribution in [0.2, 0.25) is 0 Å². The van der Waals surface area contributed by atoms with E-state index in [9.17, 15) is 0 Å². The molecule has 0 saturated carbocycles. The second kappa shape index (κ2) is 11.8. The Labute approximate surface area is 337 Å². The van der Waals surface area contributed by atoms with Gasteiger partial charge in [0.25, 0.3) is 0 Å². The number of aromatic nitrogens is 2. The third kappa shape index (κ3) is 4.28. The van der Waals surface area contributed by atoms with Crippen LogP contribution in [0, 0.1) is 0 Å². The van der Waals surface area contributed by atoms with Crippen LogP contribution in [0.15, 0.2) is 186 Å². The number of benzene rings is 8. The summed E-state index contributed by atoms with van der Waals surface area (Å²) in [5, 5.41) is 3.25. The van der Waals surface area contributed by atoms with Gasteiger partial charge in [-0.1, -0.05) is 140 Å². The molecule has 0 radical (unpaired) electrons. The first-order valence-corrected chi connectivity index (χ1v) is 20.4. The van der Waals surface area contributed by atoms with Crippen LogP contribution in [0.4, 0.5) is 0 Å². The van der Waals surface area contributed by atoms with E-state index in [1.54, 1.807) is 11.3 Å². The number of fused-ring (bicyclic) bond motifs is 15. The van der Waals surface area contributed by atoms with Gasteiger partial charge < -0.3 is 9.15 Å². The molecule has 11 aromatic rings. The molecule has 270 valence electrons. The number of rotatable bonds is 3. The number of nitrogens with zero attached hydrogens (tertiary/aromatic N) is 2. The van der Waals surface area contributed by atoms with Crippen LogP contribution in [0.5, 0.6) is 11.5 Å². The average Bonchev–Trinajstić information content (AvgIpc) is 3.95. The summed E-state index contributed by atoms with van der Waals surface area (Å²) >= 11 is 1.75. The summed E-state index contributed by atoms with van der Waals surface area (Å²) in [5.74, 6) is 2.50. The van der Waals surface area contributed by atoms with Gasteiger partial charge in [0.15, 0.2) is 5.82 Å². The first-order valence-electron chi connectivity index (χ1n) is 19.6. The van der Waals surface area contributed by atoms with Crippen LogP contribution in [0.3, 0.4) is 0 Å². The molecule has 0 bridgehead atoms. The molecular weight excluding hydrogens is 729 g/mol. The summed E-state index contributed by atoms with van der Waals surface area (Å²) < 4.78 is 15.4. The highest BCUT2D eigenvalue weighted by Gasteiger charge is 2.50. The zero-order valence-electron chi connectivity index (χ0n) is 30.9. The molecular formula is C53H30N2O2S. The van der Waals surface area contributed by atoms with Gasteiger partial charge >= 0.3 is 0 Å². The molecule has 0 fully saturated rings. The number of hydrogen-bond donors (Lipinski definition) is 0. The van der Waals surface area contributed by atoms with E-state index in [0.717, 1.165) is 77.0 Å². The van der Waals surface area contributed by atoms with Crippen LogP contribution in [-0.4, -0.2) is 9.97 Å². The van der Waals surface area contributed by atoms with Crippen molar-refractivity contribution < 1.29 is 9.15 Å². The molecule has 0 amide bonds. The lowest BCUT2D eigenvalue weighted by Crippen LogP contribution is -2.32. The van der Waals surface area contributed by atoms with E-state index >= 15 is 0 Å². The van der Waals surface area contributed by atoms with Gasteiger partial charge in [-0.15, -0.1) is 11.3 Å². The first-order chi connectivity index (χ1) is 28.7. The molecule has 0 unspecified atom stereocenters. The van der Waals surface area contributed by atoms with Crippen LogP contribution >= 0.6 is 11.3 Å². The summed E-state index contributed by atoms with van der Waals surface area (Å²) in [4.78, 5) is 10.5. The molecule has 1 aliphatic heterocycles. The molecule has 4 nitrogen and oxygen atoms in total. The minimum atomic E-state index is -0.496. The summed E-state index contributed by atoms with van der Waals surface area (Å²) in [5.41, 5.74) is 14.7. The summed E-state index contributed by atoms with van der Waals surface area (Å²) in [7, 11) is 0. The van der Waals surface area contributed by atoms with E-state index in [1.165, 1.54) is 38.1 Å². The highest BCUT2D eigenvalue weighted by molar-refractivity contribution is 7.26. The van der Waals surface area contributed by atoms with Gasteiger partial charge in [-0.3, -0.25) is 0 Å². The Morgan fingerprint density at radius 2 is 1.12 bits per heavy atom. The normalized spacial score (nSPS) is 13.4. The monoisotopic (exact) mass is 758 g/mol. The molecule has 2 aliphatic rings.